The van der Waals surface area contributed by atoms with Crippen LogP contribution in [0.15, 0.2) is 12.7 Å². The second kappa shape index (κ2) is 3.29. The van der Waals surface area contributed by atoms with E-state index in [1.165, 1.54) is 6.92 Å². The van der Waals surface area contributed by atoms with Crippen LogP contribution in [0.4, 0.5) is 8.78 Å². The van der Waals surface area contributed by atoms with Crippen molar-refractivity contribution in [1.29, 1.82) is 0 Å². The maximum atomic E-state index is 12.1. The van der Waals surface area contributed by atoms with Crippen LogP contribution in [0.2, 0.25) is 0 Å². The molecule has 0 unspecified atom stereocenters. The summed E-state index contributed by atoms with van der Waals surface area (Å²) >= 11 is 0. The molecule has 58 valence electrons. The highest BCUT2D eigenvalue weighted by atomic mass is 19.3. The van der Waals surface area contributed by atoms with Crippen molar-refractivity contribution >= 4 is 5.97 Å². The summed E-state index contributed by atoms with van der Waals surface area (Å²) < 4.78 is 28.3. The van der Waals surface area contributed by atoms with E-state index >= 15 is 0 Å². The van der Waals surface area contributed by atoms with Crippen LogP contribution in [0, 0.1) is 0 Å². The van der Waals surface area contributed by atoms with Crippen molar-refractivity contribution in [1.82, 2.24) is 0 Å². The third-order valence-corrected chi connectivity index (χ3v) is 0.804. The SMILES string of the molecule is C=CC(F)(F)C(=O)OCC. The first kappa shape index (κ1) is 9.07. The van der Waals surface area contributed by atoms with E-state index in [2.05, 4.69) is 11.3 Å². The first-order valence-electron chi connectivity index (χ1n) is 2.73. The molecule has 0 bridgehead atoms. The lowest BCUT2D eigenvalue weighted by Gasteiger charge is -2.08. The molecule has 0 heterocycles. The van der Waals surface area contributed by atoms with E-state index in [4.69, 9.17) is 0 Å². The Morgan fingerprint density at radius 3 is 2.60 bits per heavy atom. The van der Waals surface area contributed by atoms with E-state index in [1.807, 2.05) is 0 Å². The number of hydrogen-bond donors (Lipinski definition) is 0. The summed E-state index contributed by atoms with van der Waals surface area (Å²) in [4.78, 5) is 10.3. The van der Waals surface area contributed by atoms with Gasteiger partial charge in [-0.3, -0.25) is 0 Å². The van der Waals surface area contributed by atoms with E-state index < -0.39 is 11.9 Å². The van der Waals surface area contributed by atoms with Gasteiger partial charge in [-0.15, -0.1) is 0 Å². The van der Waals surface area contributed by atoms with Crippen LogP contribution in [-0.2, 0) is 9.53 Å². The fourth-order valence-corrected chi connectivity index (χ4v) is 0.311. The molecule has 0 amide bonds. The molecule has 0 aliphatic heterocycles. The van der Waals surface area contributed by atoms with Crippen molar-refractivity contribution in [3.8, 4) is 0 Å². The molecule has 0 rings (SSSR count). The summed E-state index contributed by atoms with van der Waals surface area (Å²) in [5.41, 5.74) is 0. The predicted octanol–water partition coefficient (Wildman–Crippen LogP) is 1.37. The predicted molar refractivity (Wildman–Crippen MR) is 31.8 cm³/mol. The molecular formula is C6H8F2O2. The number of ether oxygens (including phenoxy) is 1. The summed E-state index contributed by atoms with van der Waals surface area (Å²) in [5.74, 6) is -5.10. The summed E-state index contributed by atoms with van der Waals surface area (Å²) in [6.07, 6.45) is 0.255. The topological polar surface area (TPSA) is 26.3 Å². The molecule has 0 spiro atoms. The molecule has 0 aliphatic rings. The molecule has 0 aliphatic carbocycles. The van der Waals surface area contributed by atoms with Crippen LogP contribution in [0.25, 0.3) is 0 Å². The van der Waals surface area contributed by atoms with Crippen LogP contribution in [0.3, 0.4) is 0 Å². The molecule has 4 heteroatoms. The van der Waals surface area contributed by atoms with E-state index in [0.717, 1.165) is 0 Å². The Morgan fingerprint density at radius 1 is 1.80 bits per heavy atom. The van der Waals surface area contributed by atoms with Gasteiger partial charge in [-0.2, -0.15) is 8.78 Å². The van der Waals surface area contributed by atoms with E-state index in [9.17, 15) is 13.6 Å². The van der Waals surface area contributed by atoms with E-state index in [0.29, 0.717) is 0 Å². The Labute approximate surface area is 57.5 Å². The van der Waals surface area contributed by atoms with Gasteiger partial charge >= 0.3 is 11.9 Å². The second-order valence-electron chi connectivity index (χ2n) is 1.55. The number of carbonyl (C=O) groups is 1. The Morgan fingerprint density at radius 2 is 2.30 bits per heavy atom. The van der Waals surface area contributed by atoms with Crippen LogP contribution in [0.5, 0.6) is 0 Å². The highest BCUT2D eigenvalue weighted by molar-refractivity contribution is 5.79. The fourth-order valence-electron chi connectivity index (χ4n) is 0.311. The van der Waals surface area contributed by atoms with Crippen molar-refractivity contribution < 1.29 is 18.3 Å². The zero-order valence-electron chi connectivity index (χ0n) is 5.56. The number of halogens is 2. The monoisotopic (exact) mass is 150 g/mol. The quantitative estimate of drug-likeness (QED) is 0.448. The summed E-state index contributed by atoms with van der Waals surface area (Å²) in [7, 11) is 0. The van der Waals surface area contributed by atoms with Crippen LogP contribution in [0.1, 0.15) is 6.92 Å². The zero-order valence-corrected chi connectivity index (χ0v) is 5.56. The summed E-state index contributed by atoms with van der Waals surface area (Å²) in [6.45, 7) is 4.19. The molecule has 0 N–H and O–H groups in total. The lowest BCUT2D eigenvalue weighted by atomic mass is 10.3. The molecule has 2 nitrogen and oxygen atoms in total. The van der Waals surface area contributed by atoms with Gasteiger partial charge in [-0.25, -0.2) is 4.79 Å². The number of esters is 1. The van der Waals surface area contributed by atoms with Gasteiger partial charge < -0.3 is 4.74 Å². The van der Waals surface area contributed by atoms with Crippen molar-refractivity contribution in [3.05, 3.63) is 12.7 Å². The fraction of sp³-hybridized carbons (Fsp3) is 0.500. The molecule has 0 fully saturated rings. The molecule has 0 aromatic rings. The molecule has 0 aromatic carbocycles. The van der Waals surface area contributed by atoms with Gasteiger partial charge in [-0.1, -0.05) is 6.58 Å². The first-order valence-corrected chi connectivity index (χ1v) is 2.73. The maximum Gasteiger partial charge on any atom is 0.381 e. The molecule has 0 atom stereocenters. The number of carbonyl (C=O) groups excluding carboxylic acids is 1. The average Bonchev–Trinajstić information content (AvgIpc) is 1.89. The Kier molecular flexibility index (Phi) is 2.99. The Hall–Kier alpha value is -0.930. The summed E-state index contributed by atoms with van der Waals surface area (Å²) in [6, 6.07) is 0. The van der Waals surface area contributed by atoms with Crippen molar-refractivity contribution in [2.24, 2.45) is 0 Å². The molecule has 0 saturated carbocycles. The van der Waals surface area contributed by atoms with Gasteiger partial charge in [0.2, 0.25) is 0 Å². The highest BCUT2D eigenvalue weighted by Crippen LogP contribution is 2.15. The number of rotatable bonds is 3. The summed E-state index contributed by atoms with van der Waals surface area (Å²) in [5, 5.41) is 0. The lowest BCUT2D eigenvalue weighted by Crippen LogP contribution is -2.27. The van der Waals surface area contributed by atoms with Gasteiger partial charge in [-0.05, 0) is 13.0 Å². The van der Waals surface area contributed by atoms with E-state index in [-0.39, 0.29) is 12.7 Å². The third-order valence-electron chi connectivity index (χ3n) is 0.804. The van der Waals surface area contributed by atoms with Gasteiger partial charge in [0.15, 0.2) is 0 Å². The van der Waals surface area contributed by atoms with Crippen molar-refractivity contribution in [2.45, 2.75) is 12.8 Å². The third kappa shape index (κ3) is 2.13. The lowest BCUT2D eigenvalue weighted by molar-refractivity contribution is -0.164. The minimum Gasteiger partial charge on any atom is -0.461 e. The Bertz CT molecular complexity index is 143. The van der Waals surface area contributed by atoms with Crippen molar-refractivity contribution in [2.75, 3.05) is 6.61 Å². The number of hydrogen-bond acceptors (Lipinski definition) is 2. The Balaban J connectivity index is 4.04. The van der Waals surface area contributed by atoms with Gasteiger partial charge in [0.05, 0.1) is 6.61 Å². The van der Waals surface area contributed by atoms with Gasteiger partial charge in [0, 0.05) is 0 Å². The van der Waals surface area contributed by atoms with Crippen molar-refractivity contribution in [3.63, 3.8) is 0 Å². The largest absolute Gasteiger partial charge is 0.461 e. The highest BCUT2D eigenvalue weighted by Gasteiger charge is 2.36. The van der Waals surface area contributed by atoms with Crippen LogP contribution in [-0.4, -0.2) is 18.5 Å². The standard InChI is InChI=1S/C6H8F2O2/c1-3-6(7,8)5(9)10-4-2/h3H,1,4H2,2H3. The van der Waals surface area contributed by atoms with Gasteiger partial charge in [0.1, 0.15) is 0 Å². The average molecular weight is 150 g/mol. The maximum absolute atomic E-state index is 12.1. The van der Waals surface area contributed by atoms with Crippen LogP contribution >= 0.6 is 0 Å². The molecule has 0 radical (unpaired) electrons. The molecular weight excluding hydrogens is 142 g/mol. The zero-order chi connectivity index (χ0) is 8.20. The molecule has 10 heavy (non-hydrogen) atoms. The van der Waals surface area contributed by atoms with E-state index in [1.54, 1.807) is 0 Å². The molecule has 0 aromatic heterocycles. The van der Waals surface area contributed by atoms with Crippen LogP contribution < -0.4 is 0 Å². The molecule has 0 saturated heterocycles. The normalized spacial score (nSPS) is 10.7. The first-order chi connectivity index (χ1) is 4.54. The second-order valence-corrected chi connectivity index (χ2v) is 1.55. The minimum absolute atomic E-state index is 0.0533. The smallest absolute Gasteiger partial charge is 0.381 e. The number of alkyl halides is 2. The minimum atomic E-state index is -3.55. The van der Waals surface area contributed by atoms with Gasteiger partial charge in [0.25, 0.3) is 0 Å².